The number of hydrogen-bond acceptors (Lipinski definition) is 4. The lowest BCUT2D eigenvalue weighted by Gasteiger charge is -2.12. The third kappa shape index (κ3) is 3.56. The Bertz CT molecular complexity index is 479. The van der Waals surface area contributed by atoms with Gasteiger partial charge in [0.15, 0.2) is 6.61 Å². The molecule has 1 aromatic rings. The van der Waals surface area contributed by atoms with Gasteiger partial charge >= 0.3 is 5.97 Å². The van der Waals surface area contributed by atoms with E-state index in [4.69, 9.17) is 4.74 Å². The summed E-state index contributed by atoms with van der Waals surface area (Å²) in [6.45, 7) is 3.53. The summed E-state index contributed by atoms with van der Waals surface area (Å²) in [5.41, 5.74) is 1.78. The summed E-state index contributed by atoms with van der Waals surface area (Å²) in [7, 11) is 0. The third-order valence-electron chi connectivity index (χ3n) is 3.07. The van der Waals surface area contributed by atoms with Gasteiger partial charge in [0.25, 0.3) is 5.91 Å². The fraction of sp³-hybridized carbons (Fsp3) is 0.571. The van der Waals surface area contributed by atoms with Gasteiger partial charge in [-0.15, -0.1) is 11.3 Å². The number of ether oxygens (including phenoxy) is 1. The fourth-order valence-corrected chi connectivity index (χ4v) is 3.35. The van der Waals surface area contributed by atoms with Crippen LogP contribution in [0.2, 0.25) is 0 Å². The van der Waals surface area contributed by atoms with E-state index in [0.29, 0.717) is 5.56 Å². The molecular formula is C14H19NO3S. The second-order valence-electron chi connectivity index (χ2n) is 5.06. The van der Waals surface area contributed by atoms with E-state index >= 15 is 0 Å². The van der Waals surface area contributed by atoms with Crippen molar-refractivity contribution in [3.05, 3.63) is 21.4 Å². The molecule has 0 aromatic carbocycles. The Labute approximate surface area is 117 Å². The van der Waals surface area contributed by atoms with Crippen LogP contribution >= 0.6 is 11.3 Å². The largest absolute Gasteiger partial charge is 0.452 e. The number of carbonyl (C=O) groups excluding carboxylic acids is 2. The maximum atomic E-state index is 12.0. The lowest BCUT2D eigenvalue weighted by molar-refractivity contribution is -0.124. The maximum absolute atomic E-state index is 12.0. The van der Waals surface area contributed by atoms with E-state index < -0.39 is 0 Å². The van der Waals surface area contributed by atoms with E-state index in [2.05, 4.69) is 5.32 Å². The van der Waals surface area contributed by atoms with Crippen molar-refractivity contribution in [2.24, 2.45) is 0 Å². The molecule has 19 heavy (non-hydrogen) atoms. The second kappa shape index (κ2) is 6.19. The van der Waals surface area contributed by atoms with Crippen LogP contribution in [0.4, 0.5) is 0 Å². The Balaban J connectivity index is 1.93. The molecule has 1 heterocycles. The number of aryl methyl sites for hydroxylation is 1. The molecule has 0 bridgehead atoms. The Morgan fingerprint density at radius 2 is 2.11 bits per heavy atom. The SMILES string of the molecule is CC(C)NC(=O)COC(=O)c1csc2c1CCCC2. The van der Waals surface area contributed by atoms with Crippen molar-refractivity contribution >= 4 is 23.2 Å². The Morgan fingerprint density at radius 3 is 2.84 bits per heavy atom. The maximum Gasteiger partial charge on any atom is 0.339 e. The van der Waals surface area contributed by atoms with E-state index in [0.717, 1.165) is 24.8 Å². The van der Waals surface area contributed by atoms with E-state index in [1.807, 2.05) is 19.2 Å². The highest BCUT2D eigenvalue weighted by Crippen LogP contribution is 2.30. The zero-order chi connectivity index (χ0) is 13.8. The molecule has 1 amide bonds. The monoisotopic (exact) mass is 281 g/mol. The predicted molar refractivity (Wildman–Crippen MR) is 74.5 cm³/mol. The highest BCUT2D eigenvalue weighted by molar-refractivity contribution is 7.10. The van der Waals surface area contributed by atoms with Crippen LogP contribution in [0, 0.1) is 0 Å². The number of amides is 1. The van der Waals surface area contributed by atoms with Crippen molar-refractivity contribution in [3.8, 4) is 0 Å². The van der Waals surface area contributed by atoms with E-state index in [-0.39, 0.29) is 24.5 Å². The summed E-state index contributed by atoms with van der Waals surface area (Å²) >= 11 is 1.62. The Kier molecular flexibility index (Phi) is 4.58. The average molecular weight is 281 g/mol. The summed E-state index contributed by atoms with van der Waals surface area (Å²) in [6.07, 6.45) is 4.32. The minimum atomic E-state index is -0.377. The van der Waals surface area contributed by atoms with E-state index in [1.54, 1.807) is 11.3 Å². The molecule has 4 nitrogen and oxygen atoms in total. The molecule has 104 valence electrons. The minimum Gasteiger partial charge on any atom is -0.452 e. The molecule has 1 N–H and O–H groups in total. The highest BCUT2D eigenvalue weighted by Gasteiger charge is 2.21. The molecule has 0 unspecified atom stereocenters. The molecule has 0 fully saturated rings. The molecule has 0 spiro atoms. The number of nitrogens with one attached hydrogen (secondary N) is 1. The summed E-state index contributed by atoms with van der Waals surface area (Å²) in [5, 5.41) is 4.55. The lowest BCUT2D eigenvalue weighted by atomic mass is 9.96. The highest BCUT2D eigenvalue weighted by atomic mass is 32.1. The molecule has 0 aliphatic heterocycles. The van der Waals surface area contributed by atoms with E-state index in [1.165, 1.54) is 11.3 Å². The van der Waals surface area contributed by atoms with Crippen molar-refractivity contribution in [2.75, 3.05) is 6.61 Å². The molecular weight excluding hydrogens is 262 g/mol. The number of fused-ring (bicyclic) bond motifs is 1. The number of carbonyl (C=O) groups is 2. The smallest absolute Gasteiger partial charge is 0.339 e. The summed E-state index contributed by atoms with van der Waals surface area (Å²) in [4.78, 5) is 24.7. The Morgan fingerprint density at radius 1 is 1.37 bits per heavy atom. The first-order valence-electron chi connectivity index (χ1n) is 6.63. The van der Waals surface area contributed by atoms with Gasteiger partial charge in [0.05, 0.1) is 5.56 Å². The van der Waals surface area contributed by atoms with Crippen LogP contribution in [0.15, 0.2) is 5.38 Å². The van der Waals surface area contributed by atoms with E-state index in [9.17, 15) is 9.59 Å². The van der Waals surface area contributed by atoms with Crippen LogP contribution in [0.25, 0.3) is 0 Å². The first-order chi connectivity index (χ1) is 9.08. The molecule has 2 rings (SSSR count). The molecule has 0 saturated carbocycles. The van der Waals surface area contributed by atoms with Gasteiger partial charge in [-0.1, -0.05) is 0 Å². The Hall–Kier alpha value is -1.36. The molecule has 1 aliphatic rings. The summed E-state index contributed by atoms with van der Waals surface area (Å²) < 4.78 is 5.07. The quantitative estimate of drug-likeness (QED) is 0.862. The molecule has 0 atom stereocenters. The van der Waals surface area contributed by atoms with Crippen molar-refractivity contribution in [1.29, 1.82) is 0 Å². The zero-order valence-electron chi connectivity index (χ0n) is 11.3. The zero-order valence-corrected chi connectivity index (χ0v) is 12.1. The van der Waals surface area contributed by atoms with Crippen molar-refractivity contribution in [3.63, 3.8) is 0 Å². The molecule has 0 saturated heterocycles. The molecule has 1 aliphatic carbocycles. The molecule has 1 aromatic heterocycles. The minimum absolute atomic E-state index is 0.0557. The van der Waals surface area contributed by atoms with Crippen molar-refractivity contribution < 1.29 is 14.3 Å². The topological polar surface area (TPSA) is 55.4 Å². The summed E-state index contributed by atoms with van der Waals surface area (Å²) in [6, 6.07) is 0.0557. The molecule has 5 heteroatoms. The first kappa shape index (κ1) is 14.1. The standard InChI is InChI=1S/C14H19NO3S/c1-9(2)15-13(16)7-18-14(17)11-8-19-12-6-4-3-5-10(11)12/h8-9H,3-7H2,1-2H3,(H,15,16). The predicted octanol–water partition coefficient (Wildman–Crippen LogP) is 2.31. The van der Waals surface area contributed by atoms with Crippen LogP contribution in [-0.4, -0.2) is 24.5 Å². The van der Waals surface area contributed by atoms with Gasteiger partial charge in [0.1, 0.15) is 0 Å². The van der Waals surface area contributed by atoms with Crippen molar-refractivity contribution in [2.45, 2.75) is 45.6 Å². The van der Waals surface area contributed by atoms with Crippen LogP contribution in [0.1, 0.15) is 47.5 Å². The fourth-order valence-electron chi connectivity index (χ4n) is 2.24. The second-order valence-corrected chi connectivity index (χ2v) is 6.02. The van der Waals surface area contributed by atoms with Gasteiger partial charge in [-0.25, -0.2) is 4.79 Å². The van der Waals surface area contributed by atoms with Crippen LogP contribution in [0.5, 0.6) is 0 Å². The number of thiophene rings is 1. The average Bonchev–Trinajstić information content (AvgIpc) is 2.79. The van der Waals surface area contributed by atoms with Gasteiger partial charge in [0, 0.05) is 16.3 Å². The number of esters is 1. The number of hydrogen-bond donors (Lipinski definition) is 1. The van der Waals surface area contributed by atoms with Gasteiger partial charge in [-0.2, -0.15) is 0 Å². The first-order valence-corrected chi connectivity index (χ1v) is 7.51. The lowest BCUT2D eigenvalue weighted by Crippen LogP contribution is -2.34. The van der Waals surface area contributed by atoms with Gasteiger partial charge in [-0.3, -0.25) is 4.79 Å². The summed E-state index contributed by atoms with van der Waals surface area (Å²) in [5.74, 6) is -0.634. The normalized spacial score (nSPS) is 14.1. The third-order valence-corrected chi connectivity index (χ3v) is 4.15. The van der Waals surface area contributed by atoms with Gasteiger partial charge in [-0.05, 0) is 45.1 Å². The van der Waals surface area contributed by atoms with Crippen molar-refractivity contribution in [1.82, 2.24) is 5.32 Å². The number of rotatable bonds is 4. The van der Waals surface area contributed by atoms with Gasteiger partial charge < -0.3 is 10.1 Å². The van der Waals surface area contributed by atoms with Gasteiger partial charge in [0.2, 0.25) is 0 Å². The van der Waals surface area contributed by atoms with Crippen LogP contribution in [0.3, 0.4) is 0 Å². The molecule has 0 radical (unpaired) electrons. The van der Waals surface area contributed by atoms with Crippen LogP contribution in [-0.2, 0) is 22.4 Å². The van der Waals surface area contributed by atoms with Crippen LogP contribution < -0.4 is 5.32 Å².